The highest BCUT2D eigenvalue weighted by atomic mass is 16.1. The van der Waals surface area contributed by atoms with E-state index < -0.39 is 0 Å². The summed E-state index contributed by atoms with van der Waals surface area (Å²) in [5, 5.41) is 4.18. The van der Waals surface area contributed by atoms with E-state index >= 15 is 0 Å². The van der Waals surface area contributed by atoms with Crippen molar-refractivity contribution >= 4 is 0 Å². The minimum Gasteiger partial charge on any atom is -0.313 e. The smallest absolute Gasteiger partial charge is 0.251 e. The van der Waals surface area contributed by atoms with Gasteiger partial charge in [-0.1, -0.05) is 6.92 Å². The monoisotopic (exact) mass is 204 g/mol. The van der Waals surface area contributed by atoms with Crippen LogP contribution in [0.5, 0.6) is 0 Å². The number of aryl methyl sites for hydroxylation is 1. The standard InChI is InChI=1S/C10H12N4O/c1-2-3-14-6-8(5-13-14)9-4-10(15)12-7-11-9/h4-7H,2-3H2,1H3,(H,11,12,15). The SMILES string of the molecule is CCCn1cc(-c2cc(=O)[nH]cn2)cn1. The van der Waals surface area contributed by atoms with E-state index in [1.807, 2.05) is 10.9 Å². The minimum atomic E-state index is -0.150. The fraction of sp³-hybridized carbons (Fsp3) is 0.300. The first kappa shape index (κ1) is 9.64. The highest BCUT2D eigenvalue weighted by Crippen LogP contribution is 2.12. The quantitative estimate of drug-likeness (QED) is 0.812. The van der Waals surface area contributed by atoms with Gasteiger partial charge in [-0.05, 0) is 6.42 Å². The second-order valence-corrected chi connectivity index (χ2v) is 3.29. The van der Waals surface area contributed by atoms with Gasteiger partial charge < -0.3 is 4.98 Å². The Bertz CT molecular complexity index is 500. The van der Waals surface area contributed by atoms with Gasteiger partial charge in [-0.3, -0.25) is 9.48 Å². The molecular formula is C10H12N4O. The Morgan fingerprint density at radius 3 is 3.13 bits per heavy atom. The van der Waals surface area contributed by atoms with Gasteiger partial charge in [-0.15, -0.1) is 0 Å². The zero-order valence-electron chi connectivity index (χ0n) is 8.47. The van der Waals surface area contributed by atoms with E-state index in [0.717, 1.165) is 18.5 Å². The molecule has 2 rings (SSSR count). The molecule has 0 unspecified atom stereocenters. The number of rotatable bonds is 3. The second-order valence-electron chi connectivity index (χ2n) is 3.29. The lowest BCUT2D eigenvalue weighted by atomic mass is 10.2. The molecule has 5 nitrogen and oxygen atoms in total. The fourth-order valence-electron chi connectivity index (χ4n) is 1.37. The van der Waals surface area contributed by atoms with Gasteiger partial charge in [0.25, 0.3) is 5.56 Å². The van der Waals surface area contributed by atoms with Crippen LogP contribution in [0.2, 0.25) is 0 Å². The lowest BCUT2D eigenvalue weighted by molar-refractivity contribution is 0.603. The molecule has 0 aromatic carbocycles. The zero-order valence-corrected chi connectivity index (χ0v) is 8.47. The summed E-state index contributed by atoms with van der Waals surface area (Å²) >= 11 is 0. The number of hydrogen-bond acceptors (Lipinski definition) is 3. The van der Waals surface area contributed by atoms with E-state index in [1.54, 1.807) is 6.20 Å². The molecule has 2 aromatic heterocycles. The second kappa shape index (κ2) is 4.08. The van der Waals surface area contributed by atoms with E-state index in [-0.39, 0.29) is 5.56 Å². The maximum atomic E-state index is 11.1. The Morgan fingerprint density at radius 1 is 1.53 bits per heavy atom. The molecule has 0 aliphatic rings. The molecule has 0 amide bonds. The Balaban J connectivity index is 2.33. The van der Waals surface area contributed by atoms with Crippen LogP contribution in [0, 0.1) is 0 Å². The fourth-order valence-corrected chi connectivity index (χ4v) is 1.37. The molecule has 0 bridgehead atoms. The van der Waals surface area contributed by atoms with Gasteiger partial charge in [0.2, 0.25) is 0 Å². The van der Waals surface area contributed by atoms with E-state index in [2.05, 4.69) is 22.0 Å². The van der Waals surface area contributed by atoms with Crippen molar-refractivity contribution in [2.75, 3.05) is 0 Å². The van der Waals surface area contributed by atoms with E-state index in [1.165, 1.54) is 12.4 Å². The summed E-state index contributed by atoms with van der Waals surface area (Å²) in [5.74, 6) is 0. The van der Waals surface area contributed by atoms with E-state index in [4.69, 9.17) is 0 Å². The van der Waals surface area contributed by atoms with Crippen LogP contribution in [-0.4, -0.2) is 19.7 Å². The summed E-state index contributed by atoms with van der Waals surface area (Å²) in [6.45, 7) is 2.97. The highest BCUT2D eigenvalue weighted by Gasteiger charge is 2.02. The molecule has 0 aliphatic carbocycles. The van der Waals surface area contributed by atoms with Crippen molar-refractivity contribution in [2.45, 2.75) is 19.9 Å². The third-order valence-electron chi connectivity index (χ3n) is 2.06. The van der Waals surface area contributed by atoms with Crippen molar-refractivity contribution in [3.05, 3.63) is 35.1 Å². The molecule has 78 valence electrons. The van der Waals surface area contributed by atoms with Crippen LogP contribution in [0.15, 0.2) is 29.6 Å². The Hall–Kier alpha value is -1.91. The molecule has 2 aromatic rings. The molecule has 0 saturated heterocycles. The molecular weight excluding hydrogens is 192 g/mol. The van der Waals surface area contributed by atoms with Crippen LogP contribution in [0.25, 0.3) is 11.3 Å². The van der Waals surface area contributed by atoms with Crippen LogP contribution in [-0.2, 0) is 6.54 Å². The normalized spacial score (nSPS) is 10.5. The molecule has 0 spiro atoms. The summed E-state index contributed by atoms with van der Waals surface area (Å²) in [5.41, 5.74) is 1.37. The van der Waals surface area contributed by atoms with Gasteiger partial charge >= 0.3 is 0 Å². The van der Waals surface area contributed by atoms with Crippen molar-refractivity contribution in [3.8, 4) is 11.3 Å². The van der Waals surface area contributed by atoms with Crippen molar-refractivity contribution in [2.24, 2.45) is 0 Å². The van der Waals surface area contributed by atoms with Crippen molar-refractivity contribution in [1.29, 1.82) is 0 Å². The predicted molar refractivity (Wildman–Crippen MR) is 56.4 cm³/mol. The number of aromatic nitrogens is 4. The molecule has 15 heavy (non-hydrogen) atoms. The van der Waals surface area contributed by atoms with Gasteiger partial charge in [0.05, 0.1) is 18.2 Å². The van der Waals surface area contributed by atoms with Crippen molar-refractivity contribution < 1.29 is 0 Å². The maximum absolute atomic E-state index is 11.1. The third kappa shape index (κ3) is 2.12. The van der Waals surface area contributed by atoms with Gasteiger partial charge in [0.15, 0.2) is 0 Å². The minimum absolute atomic E-state index is 0.150. The summed E-state index contributed by atoms with van der Waals surface area (Å²) in [7, 11) is 0. The van der Waals surface area contributed by atoms with Gasteiger partial charge in [-0.2, -0.15) is 5.10 Å². The molecule has 0 aliphatic heterocycles. The van der Waals surface area contributed by atoms with Crippen LogP contribution < -0.4 is 5.56 Å². The van der Waals surface area contributed by atoms with Crippen molar-refractivity contribution in [1.82, 2.24) is 19.7 Å². The number of nitrogens with zero attached hydrogens (tertiary/aromatic N) is 3. The van der Waals surface area contributed by atoms with Gasteiger partial charge in [0, 0.05) is 24.4 Å². The third-order valence-corrected chi connectivity index (χ3v) is 2.06. The van der Waals surface area contributed by atoms with Crippen LogP contribution in [0.4, 0.5) is 0 Å². The molecule has 0 fully saturated rings. The van der Waals surface area contributed by atoms with E-state index in [9.17, 15) is 4.79 Å². The number of H-pyrrole nitrogens is 1. The zero-order chi connectivity index (χ0) is 10.7. The molecule has 0 atom stereocenters. The summed E-state index contributed by atoms with van der Waals surface area (Å²) < 4.78 is 1.85. The molecule has 0 saturated carbocycles. The summed E-state index contributed by atoms with van der Waals surface area (Å²) in [6, 6.07) is 1.47. The Morgan fingerprint density at radius 2 is 2.40 bits per heavy atom. The first-order valence-corrected chi connectivity index (χ1v) is 4.87. The largest absolute Gasteiger partial charge is 0.313 e. The van der Waals surface area contributed by atoms with Crippen LogP contribution in [0.1, 0.15) is 13.3 Å². The average molecular weight is 204 g/mol. The van der Waals surface area contributed by atoms with Crippen LogP contribution >= 0.6 is 0 Å². The Labute approximate surface area is 86.8 Å². The topological polar surface area (TPSA) is 63.6 Å². The first-order chi connectivity index (χ1) is 7.29. The van der Waals surface area contributed by atoms with Crippen LogP contribution in [0.3, 0.4) is 0 Å². The highest BCUT2D eigenvalue weighted by molar-refractivity contribution is 5.55. The van der Waals surface area contributed by atoms with Crippen molar-refractivity contribution in [3.63, 3.8) is 0 Å². The number of nitrogens with one attached hydrogen (secondary N) is 1. The molecule has 5 heteroatoms. The molecule has 0 radical (unpaired) electrons. The Kier molecular flexibility index (Phi) is 2.62. The van der Waals surface area contributed by atoms with E-state index in [0.29, 0.717) is 5.69 Å². The maximum Gasteiger partial charge on any atom is 0.251 e. The number of hydrogen-bond donors (Lipinski definition) is 1. The lowest BCUT2D eigenvalue weighted by Gasteiger charge is -1.95. The van der Waals surface area contributed by atoms with Gasteiger partial charge in [-0.25, -0.2) is 4.98 Å². The predicted octanol–water partition coefficient (Wildman–Crippen LogP) is 1.04. The van der Waals surface area contributed by atoms with Gasteiger partial charge in [0.1, 0.15) is 0 Å². The molecule has 1 N–H and O–H groups in total. The lowest BCUT2D eigenvalue weighted by Crippen LogP contribution is -2.04. The summed E-state index contributed by atoms with van der Waals surface area (Å²) in [4.78, 5) is 17.6. The first-order valence-electron chi connectivity index (χ1n) is 4.87. The molecule has 2 heterocycles. The average Bonchev–Trinajstić information content (AvgIpc) is 2.67. The number of aromatic amines is 1. The summed E-state index contributed by atoms with van der Waals surface area (Å²) in [6.07, 6.45) is 6.04.